The number of carbonyl (C=O) groups is 2. The van der Waals surface area contributed by atoms with Gasteiger partial charge in [-0.05, 0) is 36.8 Å². The minimum Gasteiger partial charge on any atom is -0.312 e. The highest BCUT2D eigenvalue weighted by atomic mass is 19.1. The highest BCUT2D eigenvalue weighted by Crippen LogP contribution is 2.24. The molecular formula is C17H15F2N3O2. The predicted octanol–water partition coefficient (Wildman–Crippen LogP) is 3.74. The van der Waals surface area contributed by atoms with Gasteiger partial charge in [0.2, 0.25) is 5.91 Å². The highest BCUT2D eigenvalue weighted by Gasteiger charge is 2.21. The van der Waals surface area contributed by atoms with Gasteiger partial charge in [-0.15, -0.1) is 0 Å². The van der Waals surface area contributed by atoms with E-state index in [1.807, 2.05) is 0 Å². The number of hydrogen-bond acceptors (Lipinski definition) is 2. The average Bonchev–Trinajstić information content (AvgIpc) is 2.97. The number of carbonyl (C=O) groups excluding carboxylic acids is 2. The standard InChI is InChI=1S/C17H15F2N3O2/c18-13-6-2-7-14(19)16(13)21-17(24)20-11-4-1-5-12(10-11)22-9-3-8-15(22)23/h1-2,4-7,10H,3,8-9H2,(H2,20,21,24). The molecule has 0 atom stereocenters. The highest BCUT2D eigenvalue weighted by molar-refractivity contribution is 6.01. The van der Waals surface area contributed by atoms with Crippen LogP contribution in [0.1, 0.15) is 12.8 Å². The molecule has 7 heteroatoms. The monoisotopic (exact) mass is 331 g/mol. The minimum atomic E-state index is -0.860. The Bertz CT molecular complexity index is 775. The number of benzene rings is 2. The summed E-state index contributed by atoms with van der Waals surface area (Å²) in [5.74, 6) is -1.69. The number of anilines is 3. The summed E-state index contributed by atoms with van der Waals surface area (Å²) in [6, 6.07) is 9.27. The van der Waals surface area contributed by atoms with Crippen molar-refractivity contribution in [3.05, 3.63) is 54.1 Å². The fraction of sp³-hybridized carbons (Fsp3) is 0.176. The Kier molecular flexibility index (Phi) is 4.41. The minimum absolute atomic E-state index is 0.0324. The zero-order valence-electron chi connectivity index (χ0n) is 12.7. The van der Waals surface area contributed by atoms with E-state index in [2.05, 4.69) is 10.6 Å². The van der Waals surface area contributed by atoms with Gasteiger partial charge >= 0.3 is 6.03 Å². The summed E-state index contributed by atoms with van der Waals surface area (Å²) >= 11 is 0. The Morgan fingerprint density at radius 1 is 1.04 bits per heavy atom. The van der Waals surface area contributed by atoms with Crippen LogP contribution in [-0.2, 0) is 4.79 Å². The van der Waals surface area contributed by atoms with E-state index in [4.69, 9.17) is 0 Å². The maximum Gasteiger partial charge on any atom is 0.323 e. The molecule has 0 aliphatic carbocycles. The van der Waals surface area contributed by atoms with Crippen LogP contribution in [0, 0.1) is 11.6 Å². The first-order valence-electron chi connectivity index (χ1n) is 7.47. The number of nitrogens with zero attached hydrogens (tertiary/aromatic N) is 1. The van der Waals surface area contributed by atoms with Gasteiger partial charge in [0.05, 0.1) is 0 Å². The van der Waals surface area contributed by atoms with Gasteiger partial charge in [-0.3, -0.25) is 4.79 Å². The lowest BCUT2D eigenvalue weighted by Crippen LogP contribution is -2.24. The number of para-hydroxylation sites is 1. The summed E-state index contributed by atoms with van der Waals surface area (Å²) in [6.45, 7) is 0.634. The van der Waals surface area contributed by atoms with Gasteiger partial charge in [-0.25, -0.2) is 13.6 Å². The first-order valence-corrected chi connectivity index (χ1v) is 7.47. The normalized spacial score (nSPS) is 13.9. The molecule has 1 aliphatic rings. The molecule has 0 aromatic heterocycles. The molecule has 0 spiro atoms. The molecule has 0 unspecified atom stereocenters. The summed E-state index contributed by atoms with van der Waals surface area (Å²) in [4.78, 5) is 25.4. The van der Waals surface area contributed by atoms with Crippen LogP contribution in [0.3, 0.4) is 0 Å². The van der Waals surface area contributed by atoms with Crippen molar-refractivity contribution in [2.45, 2.75) is 12.8 Å². The molecule has 1 aliphatic heterocycles. The van der Waals surface area contributed by atoms with E-state index >= 15 is 0 Å². The Hall–Kier alpha value is -2.96. The van der Waals surface area contributed by atoms with Crippen LogP contribution in [0.5, 0.6) is 0 Å². The number of rotatable bonds is 3. The Morgan fingerprint density at radius 2 is 1.75 bits per heavy atom. The summed E-state index contributed by atoms with van der Waals surface area (Å²) in [5.41, 5.74) is 0.578. The smallest absolute Gasteiger partial charge is 0.312 e. The van der Waals surface area contributed by atoms with Gasteiger partial charge in [0.1, 0.15) is 17.3 Å². The van der Waals surface area contributed by atoms with Crippen LogP contribution >= 0.6 is 0 Å². The SMILES string of the molecule is O=C(Nc1cccc(N2CCCC2=O)c1)Nc1c(F)cccc1F. The maximum absolute atomic E-state index is 13.5. The molecule has 2 aromatic carbocycles. The van der Waals surface area contributed by atoms with Gasteiger partial charge in [-0.1, -0.05) is 12.1 Å². The number of urea groups is 1. The molecule has 24 heavy (non-hydrogen) atoms. The molecule has 124 valence electrons. The zero-order valence-corrected chi connectivity index (χ0v) is 12.7. The van der Waals surface area contributed by atoms with Gasteiger partial charge in [0, 0.05) is 24.3 Å². The van der Waals surface area contributed by atoms with Crippen LogP contribution < -0.4 is 15.5 Å². The second-order valence-corrected chi connectivity index (χ2v) is 5.38. The molecule has 3 amide bonds. The molecule has 1 saturated heterocycles. The third-order valence-electron chi connectivity index (χ3n) is 3.69. The van der Waals surface area contributed by atoms with Crippen molar-refractivity contribution in [1.82, 2.24) is 0 Å². The summed E-state index contributed by atoms with van der Waals surface area (Å²) < 4.78 is 27.1. The van der Waals surface area contributed by atoms with Gasteiger partial charge in [0.25, 0.3) is 0 Å². The van der Waals surface area contributed by atoms with Crippen LogP contribution in [0.2, 0.25) is 0 Å². The van der Waals surface area contributed by atoms with E-state index in [-0.39, 0.29) is 5.91 Å². The lowest BCUT2D eigenvalue weighted by atomic mass is 10.2. The third kappa shape index (κ3) is 3.34. The van der Waals surface area contributed by atoms with Crippen LogP contribution in [0.4, 0.5) is 30.6 Å². The largest absolute Gasteiger partial charge is 0.323 e. The Balaban J connectivity index is 1.72. The van der Waals surface area contributed by atoms with Crippen LogP contribution in [0.15, 0.2) is 42.5 Å². The quantitative estimate of drug-likeness (QED) is 0.900. The second kappa shape index (κ2) is 6.66. The molecule has 0 saturated carbocycles. The number of amides is 3. The van der Waals surface area contributed by atoms with Crippen LogP contribution in [0.25, 0.3) is 0 Å². The molecule has 1 heterocycles. The molecule has 5 nitrogen and oxygen atoms in total. The van der Waals surface area contributed by atoms with Crippen molar-refractivity contribution in [2.75, 3.05) is 22.1 Å². The van der Waals surface area contributed by atoms with Crippen molar-refractivity contribution in [3.8, 4) is 0 Å². The Morgan fingerprint density at radius 3 is 2.42 bits per heavy atom. The summed E-state index contributed by atoms with van der Waals surface area (Å²) in [5, 5.41) is 4.65. The molecule has 1 fully saturated rings. The van der Waals surface area contributed by atoms with Crippen molar-refractivity contribution in [3.63, 3.8) is 0 Å². The molecule has 2 N–H and O–H groups in total. The van der Waals surface area contributed by atoms with Gasteiger partial charge in [0.15, 0.2) is 0 Å². The van der Waals surface area contributed by atoms with E-state index in [1.54, 1.807) is 29.2 Å². The van der Waals surface area contributed by atoms with Crippen molar-refractivity contribution < 1.29 is 18.4 Å². The number of halogens is 2. The van der Waals surface area contributed by atoms with E-state index in [0.29, 0.717) is 24.3 Å². The first-order chi connectivity index (χ1) is 11.5. The second-order valence-electron chi connectivity index (χ2n) is 5.38. The zero-order chi connectivity index (χ0) is 17.1. The maximum atomic E-state index is 13.5. The molecule has 2 aromatic rings. The van der Waals surface area contributed by atoms with Crippen LogP contribution in [-0.4, -0.2) is 18.5 Å². The fourth-order valence-electron chi connectivity index (χ4n) is 2.57. The van der Waals surface area contributed by atoms with Gasteiger partial charge in [-0.2, -0.15) is 0 Å². The molecule has 3 rings (SSSR count). The first kappa shape index (κ1) is 15.9. The fourth-order valence-corrected chi connectivity index (χ4v) is 2.57. The van der Waals surface area contributed by atoms with Crippen molar-refractivity contribution in [1.29, 1.82) is 0 Å². The molecule has 0 radical (unpaired) electrons. The molecule has 0 bridgehead atoms. The van der Waals surface area contributed by atoms with E-state index in [1.165, 1.54) is 6.07 Å². The Labute approximate surface area is 137 Å². The average molecular weight is 331 g/mol. The van der Waals surface area contributed by atoms with Gasteiger partial charge < -0.3 is 15.5 Å². The predicted molar refractivity (Wildman–Crippen MR) is 87.0 cm³/mol. The van der Waals surface area contributed by atoms with Crippen molar-refractivity contribution in [2.24, 2.45) is 0 Å². The topological polar surface area (TPSA) is 61.4 Å². The van der Waals surface area contributed by atoms with E-state index < -0.39 is 23.4 Å². The third-order valence-corrected chi connectivity index (χ3v) is 3.69. The number of nitrogens with one attached hydrogen (secondary N) is 2. The van der Waals surface area contributed by atoms with E-state index in [0.717, 1.165) is 18.6 Å². The lowest BCUT2D eigenvalue weighted by molar-refractivity contribution is -0.117. The lowest BCUT2D eigenvalue weighted by Gasteiger charge is -2.17. The molecular weight excluding hydrogens is 316 g/mol. The summed E-state index contributed by atoms with van der Waals surface area (Å²) in [6.07, 6.45) is 1.30. The summed E-state index contributed by atoms with van der Waals surface area (Å²) in [7, 11) is 0. The van der Waals surface area contributed by atoms with Crippen molar-refractivity contribution >= 4 is 29.0 Å². The van der Waals surface area contributed by atoms with E-state index in [9.17, 15) is 18.4 Å². The number of hydrogen-bond donors (Lipinski definition) is 2.